The molecule has 3 nitrogen and oxygen atoms in total. The van der Waals surface area contributed by atoms with Gasteiger partial charge in [0.05, 0.1) is 17.0 Å². The zero-order chi connectivity index (χ0) is 13.8. The van der Waals surface area contributed by atoms with Crippen LogP contribution in [0, 0.1) is 6.92 Å². The number of nitrogens with one attached hydrogen (secondary N) is 1. The number of thiocarbonyl (C=S) groups is 1. The molecule has 1 saturated heterocycles. The summed E-state index contributed by atoms with van der Waals surface area (Å²) in [5.41, 5.74) is 2.35. The summed E-state index contributed by atoms with van der Waals surface area (Å²) in [7, 11) is 0. The van der Waals surface area contributed by atoms with E-state index in [1.54, 1.807) is 6.08 Å². The Kier molecular flexibility index (Phi) is 4.02. The third kappa shape index (κ3) is 3.45. The highest BCUT2D eigenvalue weighted by atomic mass is 32.1. The second-order valence-corrected chi connectivity index (χ2v) is 4.82. The average Bonchev–Trinajstić information content (AvgIpc) is 2.34. The van der Waals surface area contributed by atoms with E-state index in [2.05, 4.69) is 5.32 Å². The highest BCUT2D eigenvalue weighted by molar-refractivity contribution is 7.80. The van der Waals surface area contributed by atoms with Gasteiger partial charge in [0.25, 0.3) is 5.91 Å². The molecule has 0 radical (unpaired) electrons. The number of rotatable bonds is 2. The number of ketones is 1. The molecule has 1 fully saturated rings. The maximum absolute atomic E-state index is 11.7. The fraction of sp³-hybridized carbons (Fsp3) is 0.133. The van der Waals surface area contributed by atoms with E-state index in [1.807, 2.05) is 37.3 Å². The van der Waals surface area contributed by atoms with E-state index in [9.17, 15) is 9.59 Å². The molecule has 1 N–H and O–H groups in total. The highest BCUT2D eigenvalue weighted by Crippen LogP contribution is 2.10. The maximum Gasteiger partial charge on any atom is 0.259 e. The lowest BCUT2D eigenvalue weighted by Gasteiger charge is -2.13. The smallest absolute Gasteiger partial charge is 0.259 e. The number of aryl methyl sites for hydroxylation is 1. The van der Waals surface area contributed by atoms with Gasteiger partial charge < -0.3 is 5.32 Å². The van der Waals surface area contributed by atoms with Crippen molar-refractivity contribution in [2.24, 2.45) is 0 Å². The molecule has 0 spiro atoms. The van der Waals surface area contributed by atoms with Gasteiger partial charge in [0.15, 0.2) is 5.78 Å². The van der Waals surface area contributed by atoms with Crippen molar-refractivity contribution in [3.63, 3.8) is 0 Å². The van der Waals surface area contributed by atoms with Crippen molar-refractivity contribution in [2.45, 2.75) is 13.3 Å². The van der Waals surface area contributed by atoms with Crippen molar-refractivity contribution >= 4 is 35.0 Å². The number of piperidine rings is 1. The largest absolute Gasteiger partial charge is 0.316 e. The lowest BCUT2D eigenvalue weighted by molar-refractivity contribution is -0.122. The van der Waals surface area contributed by atoms with E-state index in [0.29, 0.717) is 0 Å². The Hall–Kier alpha value is -2.07. The molecule has 0 atom stereocenters. The number of benzene rings is 1. The molecule has 0 saturated carbocycles. The van der Waals surface area contributed by atoms with Crippen LogP contribution in [0.15, 0.2) is 42.0 Å². The van der Waals surface area contributed by atoms with Crippen LogP contribution in [-0.4, -0.2) is 16.7 Å². The van der Waals surface area contributed by atoms with Gasteiger partial charge in [-0.1, -0.05) is 54.2 Å². The number of Topliss-reactive ketones (excluding diaryl/α,β-unsaturated/α-hetero) is 1. The molecular weight excluding hydrogens is 258 g/mol. The molecule has 19 heavy (non-hydrogen) atoms. The SMILES string of the molecule is Cc1ccc(/C=C/C=C2\C(=O)CC(=S)NC2=O)cc1. The van der Waals surface area contributed by atoms with E-state index < -0.39 is 5.91 Å². The molecule has 2 rings (SSSR count). The average molecular weight is 271 g/mol. The summed E-state index contributed by atoms with van der Waals surface area (Å²) in [6.45, 7) is 2.02. The summed E-state index contributed by atoms with van der Waals surface area (Å²) < 4.78 is 0. The first-order chi connectivity index (χ1) is 9.06. The molecule has 1 amide bonds. The molecular formula is C15H13NO2S. The molecule has 1 heterocycles. The van der Waals surface area contributed by atoms with E-state index >= 15 is 0 Å². The molecule has 0 aromatic heterocycles. The summed E-state index contributed by atoms with van der Waals surface area (Å²) in [6.07, 6.45) is 5.18. The number of amides is 1. The monoisotopic (exact) mass is 271 g/mol. The number of carbonyl (C=O) groups is 2. The van der Waals surface area contributed by atoms with Gasteiger partial charge in [-0.2, -0.15) is 0 Å². The molecule has 1 aliphatic heterocycles. The van der Waals surface area contributed by atoms with Crippen LogP contribution >= 0.6 is 12.2 Å². The minimum atomic E-state index is -0.421. The maximum atomic E-state index is 11.7. The van der Waals surface area contributed by atoms with Gasteiger partial charge in [0, 0.05) is 0 Å². The molecule has 1 aromatic rings. The zero-order valence-corrected chi connectivity index (χ0v) is 11.3. The third-order valence-electron chi connectivity index (χ3n) is 2.75. The van der Waals surface area contributed by atoms with Crippen LogP contribution in [0.2, 0.25) is 0 Å². The molecule has 4 heteroatoms. The fourth-order valence-electron chi connectivity index (χ4n) is 1.71. The number of hydrogen-bond acceptors (Lipinski definition) is 3. The van der Waals surface area contributed by atoms with Crippen molar-refractivity contribution in [2.75, 3.05) is 0 Å². The number of carbonyl (C=O) groups excluding carboxylic acids is 2. The minimum Gasteiger partial charge on any atom is -0.316 e. The summed E-state index contributed by atoms with van der Waals surface area (Å²) in [5.74, 6) is -0.655. The predicted octanol–water partition coefficient (Wildman–Crippen LogP) is 2.35. The van der Waals surface area contributed by atoms with E-state index in [4.69, 9.17) is 12.2 Å². The Bertz CT molecular complexity index is 575. The number of hydrogen-bond donors (Lipinski definition) is 1. The molecule has 1 aromatic carbocycles. The van der Waals surface area contributed by atoms with Crippen molar-refractivity contribution < 1.29 is 9.59 Å². The Balaban J connectivity index is 2.13. The first-order valence-corrected chi connectivity index (χ1v) is 6.29. The van der Waals surface area contributed by atoms with Crippen molar-refractivity contribution in [3.05, 3.63) is 53.1 Å². The first kappa shape index (κ1) is 13.4. The fourth-order valence-corrected chi connectivity index (χ4v) is 1.93. The van der Waals surface area contributed by atoms with Crippen LogP contribution in [-0.2, 0) is 9.59 Å². The van der Waals surface area contributed by atoms with Gasteiger partial charge in [-0.05, 0) is 18.6 Å². The highest BCUT2D eigenvalue weighted by Gasteiger charge is 2.25. The summed E-state index contributed by atoms with van der Waals surface area (Å²) in [4.78, 5) is 23.5. The summed E-state index contributed by atoms with van der Waals surface area (Å²) >= 11 is 4.82. The molecule has 0 bridgehead atoms. The van der Waals surface area contributed by atoms with Gasteiger partial charge in [-0.3, -0.25) is 9.59 Å². The Morgan fingerprint density at radius 1 is 1.21 bits per heavy atom. The normalized spacial score (nSPS) is 18.2. The van der Waals surface area contributed by atoms with Crippen LogP contribution < -0.4 is 5.32 Å². The quantitative estimate of drug-likeness (QED) is 0.510. The van der Waals surface area contributed by atoms with Gasteiger partial charge in [-0.25, -0.2) is 0 Å². The van der Waals surface area contributed by atoms with Gasteiger partial charge >= 0.3 is 0 Å². The van der Waals surface area contributed by atoms with Crippen LogP contribution in [0.4, 0.5) is 0 Å². The lowest BCUT2D eigenvalue weighted by atomic mass is 10.0. The van der Waals surface area contributed by atoms with E-state index in [1.165, 1.54) is 11.6 Å². The third-order valence-corrected chi connectivity index (χ3v) is 2.99. The van der Waals surface area contributed by atoms with Crippen molar-refractivity contribution in [1.82, 2.24) is 5.32 Å². The molecule has 0 unspecified atom stereocenters. The van der Waals surface area contributed by atoms with Crippen LogP contribution in [0.5, 0.6) is 0 Å². The Morgan fingerprint density at radius 3 is 2.53 bits per heavy atom. The second kappa shape index (κ2) is 5.71. The topological polar surface area (TPSA) is 46.2 Å². The predicted molar refractivity (Wildman–Crippen MR) is 78.7 cm³/mol. The van der Waals surface area contributed by atoms with Gasteiger partial charge in [0.2, 0.25) is 0 Å². The molecule has 1 aliphatic rings. The lowest BCUT2D eigenvalue weighted by Crippen LogP contribution is -2.39. The van der Waals surface area contributed by atoms with E-state index in [0.717, 1.165) is 5.56 Å². The van der Waals surface area contributed by atoms with Crippen LogP contribution in [0.1, 0.15) is 17.5 Å². The minimum absolute atomic E-state index is 0.102. The van der Waals surface area contributed by atoms with Crippen LogP contribution in [0.25, 0.3) is 6.08 Å². The number of allylic oxidation sites excluding steroid dienone is 2. The van der Waals surface area contributed by atoms with Gasteiger partial charge in [-0.15, -0.1) is 0 Å². The molecule has 96 valence electrons. The summed E-state index contributed by atoms with van der Waals surface area (Å²) in [6, 6.07) is 7.96. The van der Waals surface area contributed by atoms with Crippen molar-refractivity contribution in [1.29, 1.82) is 0 Å². The van der Waals surface area contributed by atoms with E-state index in [-0.39, 0.29) is 22.8 Å². The molecule has 0 aliphatic carbocycles. The first-order valence-electron chi connectivity index (χ1n) is 5.88. The Morgan fingerprint density at radius 2 is 1.89 bits per heavy atom. The summed E-state index contributed by atoms with van der Waals surface area (Å²) in [5, 5.41) is 2.49. The second-order valence-electron chi connectivity index (χ2n) is 4.33. The standard InChI is InChI=1S/C15H13NO2S/c1-10-5-7-11(8-6-10)3-2-4-12-13(17)9-14(19)16-15(12)18/h2-8H,9H2,1H3,(H,16,18,19)/b3-2+,12-4+. The zero-order valence-electron chi connectivity index (χ0n) is 10.5. The van der Waals surface area contributed by atoms with Crippen LogP contribution in [0.3, 0.4) is 0 Å². The van der Waals surface area contributed by atoms with Crippen molar-refractivity contribution in [3.8, 4) is 0 Å². The Labute approximate surface area is 117 Å². The van der Waals surface area contributed by atoms with Gasteiger partial charge in [0.1, 0.15) is 0 Å².